The van der Waals surface area contributed by atoms with Gasteiger partial charge >= 0.3 is 148 Å². The van der Waals surface area contributed by atoms with Crippen molar-refractivity contribution >= 4 is 24.7 Å². The van der Waals surface area contributed by atoms with Crippen LogP contribution in [0.3, 0.4) is 0 Å². The van der Waals surface area contributed by atoms with Gasteiger partial charge in [0.2, 0.25) is 0 Å². The van der Waals surface area contributed by atoms with E-state index in [2.05, 4.69) is 25.7 Å². The molecule has 1 aliphatic heterocycles. The first-order chi connectivity index (χ1) is 11.1. The van der Waals surface area contributed by atoms with Gasteiger partial charge in [-0.05, 0) is 0 Å². The number of aldehydes is 1. The molecule has 0 aromatic carbocycles. The van der Waals surface area contributed by atoms with Crippen LogP contribution < -0.4 is 0 Å². The summed E-state index contributed by atoms with van der Waals surface area (Å²) in [4.78, 5) is 13.0. The molecule has 0 aromatic rings. The number of nitrogens with zero attached hydrogens (tertiary/aromatic N) is 1. The van der Waals surface area contributed by atoms with Crippen LogP contribution in [0.5, 0.6) is 0 Å². The van der Waals surface area contributed by atoms with Crippen LogP contribution in [0.4, 0.5) is 0 Å². The van der Waals surface area contributed by atoms with E-state index in [4.69, 9.17) is 0 Å². The standard InChI is InChI=1S/C7H12NO2.3C4H9.Sn/c9-6-5-8-3-1-7(10)2-4-8;3*1-3-4-2;/h6,10H,1-5H2;3*1,3-4H2,2H3;. The van der Waals surface area contributed by atoms with Gasteiger partial charge in [-0.25, -0.2) is 0 Å². The zero-order valence-electron chi connectivity index (χ0n) is 15.8. The SMILES string of the molecule is CCC[CH2][Sn]([CH2]CCC)([CH2]CCC)[C]1(O)CCN(CC=O)CC1. The summed E-state index contributed by atoms with van der Waals surface area (Å²) in [6.07, 6.45) is 10.5. The molecule has 4 heteroatoms. The number of unbranched alkanes of at least 4 members (excludes halogenated alkanes) is 3. The Morgan fingerprint density at radius 2 is 1.39 bits per heavy atom. The van der Waals surface area contributed by atoms with E-state index in [1.165, 1.54) is 51.8 Å². The van der Waals surface area contributed by atoms with E-state index < -0.39 is 18.4 Å². The number of hydrogen-bond acceptors (Lipinski definition) is 3. The Morgan fingerprint density at radius 1 is 0.957 bits per heavy atom. The van der Waals surface area contributed by atoms with E-state index >= 15 is 0 Å². The van der Waals surface area contributed by atoms with Gasteiger partial charge < -0.3 is 0 Å². The number of rotatable bonds is 12. The third-order valence-corrected chi connectivity index (χ3v) is 24.3. The predicted molar refractivity (Wildman–Crippen MR) is 102 cm³/mol. The van der Waals surface area contributed by atoms with Crippen molar-refractivity contribution in [3.05, 3.63) is 0 Å². The molecule has 0 spiro atoms. The van der Waals surface area contributed by atoms with Crippen LogP contribution in [0.15, 0.2) is 0 Å². The second-order valence-corrected chi connectivity index (χ2v) is 21.8. The van der Waals surface area contributed by atoms with Gasteiger partial charge in [0.25, 0.3) is 0 Å². The molecule has 0 amide bonds. The minimum atomic E-state index is -2.60. The molecule has 0 radical (unpaired) electrons. The monoisotopic (exact) mass is 433 g/mol. The van der Waals surface area contributed by atoms with E-state index in [9.17, 15) is 9.90 Å². The van der Waals surface area contributed by atoms with Gasteiger partial charge in [-0.2, -0.15) is 0 Å². The summed E-state index contributed by atoms with van der Waals surface area (Å²) in [5, 5.41) is 11.7. The molecule has 0 atom stereocenters. The summed E-state index contributed by atoms with van der Waals surface area (Å²) in [5.74, 6) is 0. The van der Waals surface area contributed by atoms with Crippen LogP contribution in [0.25, 0.3) is 0 Å². The maximum atomic E-state index is 11.7. The first-order valence-electron chi connectivity index (χ1n) is 9.96. The van der Waals surface area contributed by atoms with Crippen molar-refractivity contribution in [2.75, 3.05) is 19.6 Å². The average molecular weight is 432 g/mol. The average Bonchev–Trinajstić information content (AvgIpc) is 2.57. The molecule has 0 aliphatic carbocycles. The van der Waals surface area contributed by atoms with Gasteiger partial charge in [0, 0.05) is 0 Å². The van der Waals surface area contributed by atoms with Crippen molar-refractivity contribution in [3.8, 4) is 0 Å². The quantitative estimate of drug-likeness (QED) is 0.367. The minimum absolute atomic E-state index is 0.326. The maximum absolute atomic E-state index is 11.7. The van der Waals surface area contributed by atoms with Crippen molar-refractivity contribution < 1.29 is 9.90 Å². The number of carbonyl (C=O) groups excluding carboxylic acids is 1. The fourth-order valence-corrected chi connectivity index (χ4v) is 23.0. The van der Waals surface area contributed by atoms with Gasteiger partial charge in [0.15, 0.2) is 0 Å². The van der Waals surface area contributed by atoms with Crippen molar-refractivity contribution in [1.29, 1.82) is 0 Å². The van der Waals surface area contributed by atoms with E-state index in [1.54, 1.807) is 0 Å². The summed E-state index contributed by atoms with van der Waals surface area (Å²) in [5.41, 5.74) is 0. The first-order valence-corrected chi connectivity index (χ1v) is 17.4. The Balaban J connectivity index is 2.91. The molecule has 1 rings (SSSR count). The Labute approximate surface area is 148 Å². The molecule has 1 aliphatic rings. The molecule has 1 heterocycles. The van der Waals surface area contributed by atoms with Crippen LogP contribution in [0.1, 0.15) is 72.1 Å². The normalized spacial score (nSPS) is 19.0. The number of carbonyl (C=O) groups is 1. The second kappa shape index (κ2) is 11.1. The summed E-state index contributed by atoms with van der Waals surface area (Å²) < 4.78 is 3.79. The molecule has 0 bridgehead atoms. The van der Waals surface area contributed by atoms with E-state index in [1.807, 2.05) is 0 Å². The molecule has 1 saturated heterocycles. The fraction of sp³-hybridized carbons (Fsp3) is 0.947. The van der Waals surface area contributed by atoms with Gasteiger partial charge in [-0.15, -0.1) is 0 Å². The number of likely N-dealkylation sites (tertiary alicyclic amines) is 1. The van der Waals surface area contributed by atoms with Crippen LogP contribution in [-0.4, -0.2) is 57.9 Å². The molecule has 1 fully saturated rings. The number of aliphatic hydroxyl groups is 1. The molecule has 0 unspecified atom stereocenters. The van der Waals surface area contributed by atoms with Gasteiger partial charge in [-0.3, -0.25) is 0 Å². The van der Waals surface area contributed by atoms with Crippen molar-refractivity contribution in [3.63, 3.8) is 0 Å². The summed E-state index contributed by atoms with van der Waals surface area (Å²) in [7, 11) is 0. The fourth-order valence-electron chi connectivity index (χ4n) is 4.36. The Morgan fingerprint density at radius 3 is 1.74 bits per heavy atom. The van der Waals surface area contributed by atoms with E-state index in [0.717, 1.165) is 32.2 Å². The summed E-state index contributed by atoms with van der Waals surface area (Å²) in [6, 6.07) is 0. The molecular weight excluding hydrogens is 393 g/mol. The zero-order valence-corrected chi connectivity index (χ0v) is 18.6. The molecule has 0 aromatic heterocycles. The van der Waals surface area contributed by atoms with Crippen LogP contribution >= 0.6 is 0 Å². The van der Waals surface area contributed by atoms with Crippen LogP contribution in [0.2, 0.25) is 13.3 Å². The van der Waals surface area contributed by atoms with Crippen LogP contribution in [-0.2, 0) is 4.79 Å². The van der Waals surface area contributed by atoms with Gasteiger partial charge in [0.05, 0.1) is 0 Å². The van der Waals surface area contributed by atoms with E-state index in [0.29, 0.717) is 6.54 Å². The first kappa shape index (κ1) is 21.4. The van der Waals surface area contributed by atoms with Gasteiger partial charge in [0.1, 0.15) is 0 Å². The van der Waals surface area contributed by atoms with Crippen molar-refractivity contribution in [1.82, 2.24) is 4.90 Å². The molecule has 1 N–H and O–H groups in total. The van der Waals surface area contributed by atoms with Gasteiger partial charge in [-0.1, -0.05) is 0 Å². The molecule has 0 saturated carbocycles. The zero-order chi connectivity index (χ0) is 17.2. The Kier molecular flexibility index (Phi) is 10.3. The number of hydrogen-bond donors (Lipinski definition) is 1. The third-order valence-electron chi connectivity index (χ3n) is 6.03. The number of piperidine rings is 1. The third kappa shape index (κ3) is 6.00. The molecule has 23 heavy (non-hydrogen) atoms. The summed E-state index contributed by atoms with van der Waals surface area (Å²) >= 11 is -2.60. The van der Waals surface area contributed by atoms with Crippen molar-refractivity contribution in [2.45, 2.75) is 89.1 Å². The predicted octanol–water partition coefficient (Wildman–Crippen LogP) is 4.40. The second-order valence-electron chi connectivity index (χ2n) is 7.59. The Hall–Kier alpha value is 0.389. The summed E-state index contributed by atoms with van der Waals surface area (Å²) in [6.45, 7) is 9.22. The van der Waals surface area contributed by atoms with E-state index in [-0.39, 0.29) is 3.62 Å². The molecule has 136 valence electrons. The van der Waals surface area contributed by atoms with Crippen molar-refractivity contribution in [2.24, 2.45) is 0 Å². The molecular formula is C19H39NO2Sn. The van der Waals surface area contributed by atoms with Crippen LogP contribution in [0, 0.1) is 0 Å². The topological polar surface area (TPSA) is 40.5 Å². The molecule has 3 nitrogen and oxygen atoms in total. The Bertz CT molecular complexity index is 306.